The van der Waals surface area contributed by atoms with E-state index >= 15 is 0 Å². The molecule has 0 spiro atoms. The van der Waals surface area contributed by atoms with Gasteiger partial charge >= 0.3 is 6.36 Å². The zero-order valence-electron chi connectivity index (χ0n) is 13.9. The van der Waals surface area contributed by atoms with Gasteiger partial charge in [0.2, 0.25) is 0 Å². The highest BCUT2D eigenvalue weighted by molar-refractivity contribution is 6.33. The summed E-state index contributed by atoms with van der Waals surface area (Å²) in [4.78, 5) is 12.4. The molecule has 0 bridgehead atoms. The molecule has 0 aliphatic carbocycles. The molecule has 0 unspecified atom stereocenters. The molecule has 0 saturated heterocycles. The summed E-state index contributed by atoms with van der Waals surface area (Å²) < 4.78 is 41.9. The highest BCUT2D eigenvalue weighted by Gasteiger charge is 2.30. The van der Waals surface area contributed by atoms with Crippen molar-refractivity contribution in [2.45, 2.75) is 6.36 Å². The molecule has 1 aromatic heterocycles. The van der Waals surface area contributed by atoms with E-state index in [0.29, 0.717) is 21.8 Å². The second kappa shape index (κ2) is 7.32. The minimum atomic E-state index is -4.77. The van der Waals surface area contributed by atoms with Crippen molar-refractivity contribution in [3.05, 3.63) is 65.4 Å². The van der Waals surface area contributed by atoms with Gasteiger partial charge in [-0.1, -0.05) is 11.6 Å². The molecule has 1 amide bonds. The number of hydrogen-bond donors (Lipinski definition) is 1. The van der Waals surface area contributed by atoms with Crippen LogP contribution in [0.25, 0.3) is 11.1 Å². The van der Waals surface area contributed by atoms with Crippen LogP contribution in [0.4, 0.5) is 18.9 Å². The molecule has 2 aromatic carbocycles. The van der Waals surface area contributed by atoms with Crippen molar-refractivity contribution in [1.29, 1.82) is 0 Å². The lowest BCUT2D eigenvalue weighted by Crippen LogP contribution is -2.17. The van der Waals surface area contributed by atoms with Crippen LogP contribution < -0.4 is 10.1 Å². The van der Waals surface area contributed by atoms with Crippen LogP contribution in [0.5, 0.6) is 5.75 Å². The SMILES string of the molecule is Cn1cc(-c2cc(C(=O)Nc3ccc(OC(F)(F)F)cc3)ccc2Cl)cn1. The van der Waals surface area contributed by atoms with Gasteiger partial charge in [0.05, 0.1) is 6.20 Å². The van der Waals surface area contributed by atoms with Crippen LogP contribution in [0.3, 0.4) is 0 Å². The molecule has 0 saturated carbocycles. The maximum Gasteiger partial charge on any atom is 0.573 e. The number of nitrogens with zero attached hydrogens (tertiary/aromatic N) is 2. The average Bonchev–Trinajstić information content (AvgIpc) is 3.02. The second-order valence-corrected chi connectivity index (χ2v) is 6.03. The van der Waals surface area contributed by atoms with Crippen molar-refractivity contribution in [2.24, 2.45) is 7.05 Å². The summed E-state index contributed by atoms with van der Waals surface area (Å²) in [5.41, 5.74) is 2.07. The molecule has 0 atom stereocenters. The van der Waals surface area contributed by atoms with E-state index in [1.807, 2.05) is 0 Å². The number of carbonyl (C=O) groups excluding carboxylic acids is 1. The van der Waals surface area contributed by atoms with Crippen LogP contribution in [0, 0.1) is 0 Å². The van der Waals surface area contributed by atoms with E-state index < -0.39 is 12.3 Å². The van der Waals surface area contributed by atoms with Gasteiger partial charge in [0.15, 0.2) is 0 Å². The standard InChI is InChI=1S/C18H13ClF3N3O2/c1-25-10-12(9-23-25)15-8-11(2-7-16(15)19)17(26)24-13-3-5-14(6-4-13)27-18(20,21)22/h2-10H,1H3,(H,24,26). The van der Waals surface area contributed by atoms with E-state index in [-0.39, 0.29) is 5.75 Å². The van der Waals surface area contributed by atoms with E-state index in [1.165, 1.54) is 12.1 Å². The zero-order chi connectivity index (χ0) is 19.6. The first-order valence-corrected chi connectivity index (χ1v) is 8.05. The highest BCUT2D eigenvalue weighted by Crippen LogP contribution is 2.29. The second-order valence-electron chi connectivity index (χ2n) is 5.62. The van der Waals surface area contributed by atoms with Gasteiger partial charge in [-0.05, 0) is 42.5 Å². The Morgan fingerprint density at radius 3 is 2.48 bits per heavy atom. The molecule has 3 rings (SSSR count). The molecule has 0 fully saturated rings. The van der Waals surface area contributed by atoms with Crippen LogP contribution in [0.2, 0.25) is 5.02 Å². The maximum atomic E-state index is 12.4. The summed E-state index contributed by atoms with van der Waals surface area (Å²) in [6.07, 6.45) is -1.37. The Balaban J connectivity index is 1.76. The zero-order valence-corrected chi connectivity index (χ0v) is 14.7. The Labute approximate surface area is 157 Å². The molecule has 0 radical (unpaired) electrons. The molecule has 1 heterocycles. The normalized spacial score (nSPS) is 11.3. The maximum absolute atomic E-state index is 12.4. The molecule has 9 heteroatoms. The average molecular weight is 396 g/mol. The molecule has 3 aromatic rings. The molecule has 140 valence electrons. The molecule has 5 nitrogen and oxygen atoms in total. The van der Waals surface area contributed by atoms with Crippen molar-refractivity contribution in [3.63, 3.8) is 0 Å². The largest absolute Gasteiger partial charge is 0.573 e. The van der Waals surface area contributed by atoms with Crippen molar-refractivity contribution in [3.8, 4) is 16.9 Å². The summed E-state index contributed by atoms with van der Waals surface area (Å²) >= 11 is 6.20. The Morgan fingerprint density at radius 1 is 1.19 bits per heavy atom. The third-order valence-electron chi connectivity index (χ3n) is 3.59. The fourth-order valence-corrected chi connectivity index (χ4v) is 2.62. The number of nitrogens with one attached hydrogen (secondary N) is 1. The predicted molar refractivity (Wildman–Crippen MR) is 94.7 cm³/mol. The van der Waals surface area contributed by atoms with Crippen LogP contribution in [-0.4, -0.2) is 22.1 Å². The van der Waals surface area contributed by atoms with E-state index in [0.717, 1.165) is 17.7 Å². The van der Waals surface area contributed by atoms with Crippen molar-refractivity contribution < 1.29 is 22.7 Å². The summed E-state index contributed by atoms with van der Waals surface area (Å²) in [5.74, 6) is -0.799. The van der Waals surface area contributed by atoms with Gasteiger partial charge in [-0.25, -0.2) is 0 Å². The number of anilines is 1. The lowest BCUT2D eigenvalue weighted by Gasteiger charge is -2.10. The Kier molecular flexibility index (Phi) is 5.09. The number of alkyl halides is 3. The van der Waals surface area contributed by atoms with Gasteiger partial charge < -0.3 is 10.1 Å². The first-order chi connectivity index (χ1) is 12.7. The minimum Gasteiger partial charge on any atom is -0.406 e. The molecule has 0 aliphatic rings. The summed E-state index contributed by atoms with van der Waals surface area (Å²) in [6, 6.07) is 9.64. The van der Waals surface area contributed by atoms with E-state index in [2.05, 4.69) is 15.2 Å². The fraction of sp³-hybridized carbons (Fsp3) is 0.111. The Hall–Kier alpha value is -3.00. The molecular weight excluding hydrogens is 383 g/mol. The summed E-state index contributed by atoms with van der Waals surface area (Å²) in [5, 5.41) is 7.15. The Morgan fingerprint density at radius 2 is 1.89 bits per heavy atom. The van der Waals surface area contributed by atoms with E-state index in [4.69, 9.17) is 11.6 Å². The number of halogens is 4. The number of aryl methyl sites for hydroxylation is 1. The van der Waals surface area contributed by atoms with Crippen LogP contribution in [0.1, 0.15) is 10.4 Å². The van der Waals surface area contributed by atoms with Gasteiger partial charge in [0.1, 0.15) is 5.75 Å². The van der Waals surface area contributed by atoms with Crippen LogP contribution in [-0.2, 0) is 7.05 Å². The van der Waals surface area contributed by atoms with Gasteiger partial charge in [-0.2, -0.15) is 5.10 Å². The summed E-state index contributed by atoms with van der Waals surface area (Å²) in [6.45, 7) is 0. The molecular formula is C18H13ClF3N3O2. The lowest BCUT2D eigenvalue weighted by molar-refractivity contribution is -0.274. The number of carbonyl (C=O) groups is 1. The van der Waals surface area contributed by atoms with Gasteiger partial charge in [-0.15, -0.1) is 13.2 Å². The molecule has 1 N–H and O–H groups in total. The monoisotopic (exact) mass is 395 g/mol. The van der Waals surface area contributed by atoms with Gasteiger partial charge in [0, 0.05) is 40.6 Å². The Bertz CT molecular complexity index is 969. The van der Waals surface area contributed by atoms with Gasteiger partial charge in [0.25, 0.3) is 5.91 Å². The topological polar surface area (TPSA) is 56.2 Å². The highest BCUT2D eigenvalue weighted by atomic mass is 35.5. The third-order valence-corrected chi connectivity index (χ3v) is 3.92. The van der Waals surface area contributed by atoms with Crippen molar-refractivity contribution in [1.82, 2.24) is 9.78 Å². The number of hydrogen-bond acceptors (Lipinski definition) is 3. The predicted octanol–water partition coefficient (Wildman–Crippen LogP) is 4.89. The van der Waals surface area contributed by atoms with E-state index in [1.54, 1.807) is 42.3 Å². The minimum absolute atomic E-state index is 0.326. The quantitative estimate of drug-likeness (QED) is 0.684. The fourth-order valence-electron chi connectivity index (χ4n) is 2.39. The molecule has 0 aliphatic heterocycles. The van der Waals surface area contributed by atoms with Crippen LogP contribution >= 0.6 is 11.6 Å². The number of ether oxygens (including phenoxy) is 1. The third kappa shape index (κ3) is 4.79. The number of benzene rings is 2. The van der Waals surface area contributed by atoms with Crippen LogP contribution in [0.15, 0.2) is 54.9 Å². The van der Waals surface area contributed by atoms with Crippen molar-refractivity contribution in [2.75, 3.05) is 5.32 Å². The first-order valence-electron chi connectivity index (χ1n) is 7.67. The van der Waals surface area contributed by atoms with E-state index in [9.17, 15) is 18.0 Å². The first kappa shape index (κ1) is 18.8. The number of aromatic nitrogens is 2. The smallest absolute Gasteiger partial charge is 0.406 e. The molecule has 27 heavy (non-hydrogen) atoms. The van der Waals surface area contributed by atoms with Gasteiger partial charge in [-0.3, -0.25) is 9.48 Å². The van der Waals surface area contributed by atoms with Crippen molar-refractivity contribution >= 4 is 23.2 Å². The summed E-state index contributed by atoms with van der Waals surface area (Å²) in [7, 11) is 1.76. The number of amides is 1. The lowest BCUT2D eigenvalue weighted by atomic mass is 10.1. The number of rotatable bonds is 4.